The van der Waals surface area contributed by atoms with Crippen LogP contribution < -0.4 is 9.62 Å². The molecule has 0 heterocycles. The normalized spacial score (nSPS) is 11.1. The summed E-state index contributed by atoms with van der Waals surface area (Å²) in [6.45, 7) is 0. The maximum absolute atomic E-state index is 14.0. The number of hydrogen-bond acceptors (Lipinski definition) is 3. The Kier molecular flexibility index (Phi) is 5.67. The summed E-state index contributed by atoms with van der Waals surface area (Å²) in [5.41, 5.74) is 0.249. The molecule has 0 radical (unpaired) electrons. The average molecular weight is 419 g/mol. The number of nitrogens with zero attached hydrogens (tertiary/aromatic N) is 1. The van der Waals surface area contributed by atoms with Gasteiger partial charge in [-0.1, -0.05) is 41.9 Å². The van der Waals surface area contributed by atoms with Gasteiger partial charge in [-0.3, -0.25) is 9.10 Å². The zero-order chi connectivity index (χ0) is 20.3. The summed E-state index contributed by atoms with van der Waals surface area (Å²) < 4.78 is 41.2. The van der Waals surface area contributed by atoms with Gasteiger partial charge in [-0.05, 0) is 42.5 Å². The first kappa shape index (κ1) is 19.9. The molecule has 8 heteroatoms. The highest BCUT2D eigenvalue weighted by atomic mass is 35.5. The zero-order valence-electron chi connectivity index (χ0n) is 14.8. The largest absolute Gasteiger partial charge is 0.319 e. The van der Waals surface area contributed by atoms with Crippen LogP contribution in [0.4, 0.5) is 15.8 Å². The third-order valence-electron chi connectivity index (χ3n) is 4.07. The summed E-state index contributed by atoms with van der Waals surface area (Å²) in [6, 6.07) is 18.0. The van der Waals surface area contributed by atoms with E-state index in [1.165, 1.54) is 43.4 Å². The van der Waals surface area contributed by atoms with Crippen molar-refractivity contribution in [3.05, 3.63) is 89.2 Å². The summed E-state index contributed by atoms with van der Waals surface area (Å²) >= 11 is 5.71. The summed E-state index contributed by atoms with van der Waals surface area (Å²) in [6.07, 6.45) is 0. The SMILES string of the molecule is CN(c1ccccc1)S(=O)(=O)c1ccccc1C(=O)Nc1ccc(Cl)cc1F. The second-order valence-corrected chi connectivity index (χ2v) is 8.26. The van der Waals surface area contributed by atoms with Crippen LogP contribution in [-0.4, -0.2) is 21.4 Å². The number of amides is 1. The summed E-state index contributed by atoms with van der Waals surface area (Å²) in [5, 5.41) is 2.57. The Labute approximate surface area is 167 Å². The van der Waals surface area contributed by atoms with E-state index in [0.29, 0.717) is 5.69 Å². The van der Waals surface area contributed by atoms with Gasteiger partial charge in [0.25, 0.3) is 15.9 Å². The molecule has 3 aromatic carbocycles. The molecule has 0 aliphatic carbocycles. The molecule has 0 spiro atoms. The van der Waals surface area contributed by atoms with E-state index in [2.05, 4.69) is 5.32 Å². The molecule has 28 heavy (non-hydrogen) atoms. The highest BCUT2D eigenvalue weighted by molar-refractivity contribution is 7.92. The van der Waals surface area contributed by atoms with Crippen molar-refractivity contribution in [2.75, 3.05) is 16.7 Å². The molecule has 3 rings (SSSR count). The fourth-order valence-corrected chi connectivity index (χ4v) is 4.13. The van der Waals surface area contributed by atoms with E-state index in [1.807, 2.05) is 0 Å². The number of para-hydroxylation sites is 1. The Bertz CT molecular complexity index is 1120. The van der Waals surface area contributed by atoms with Crippen LogP contribution in [0.3, 0.4) is 0 Å². The highest BCUT2D eigenvalue weighted by Crippen LogP contribution is 2.26. The van der Waals surface area contributed by atoms with Crippen molar-refractivity contribution in [3.8, 4) is 0 Å². The monoisotopic (exact) mass is 418 g/mol. The molecule has 1 N–H and O–H groups in total. The highest BCUT2D eigenvalue weighted by Gasteiger charge is 2.27. The molecular weight excluding hydrogens is 403 g/mol. The lowest BCUT2D eigenvalue weighted by Crippen LogP contribution is -2.29. The Hall–Kier alpha value is -2.90. The number of anilines is 2. The summed E-state index contributed by atoms with van der Waals surface area (Å²) in [7, 11) is -2.62. The molecule has 0 bridgehead atoms. The lowest BCUT2D eigenvalue weighted by molar-refractivity contribution is 0.102. The second-order valence-electron chi connectivity index (χ2n) is 5.88. The molecule has 3 aromatic rings. The van der Waals surface area contributed by atoms with Crippen molar-refractivity contribution in [2.24, 2.45) is 0 Å². The Morgan fingerprint density at radius 3 is 2.32 bits per heavy atom. The van der Waals surface area contributed by atoms with Gasteiger partial charge in [0, 0.05) is 12.1 Å². The number of benzene rings is 3. The fourth-order valence-electron chi connectivity index (χ4n) is 2.58. The minimum Gasteiger partial charge on any atom is -0.319 e. The van der Waals surface area contributed by atoms with Crippen LogP contribution in [0.5, 0.6) is 0 Å². The molecule has 0 saturated heterocycles. The van der Waals surface area contributed by atoms with Crippen molar-refractivity contribution in [3.63, 3.8) is 0 Å². The van der Waals surface area contributed by atoms with Gasteiger partial charge in [0.1, 0.15) is 10.7 Å². The molecule has 0 fully saturated rings. The predicted octanol–water partition coefficient (Wildman–Crippen LogP) is 4.56. The van der Waals surface area contributed by atoms with Crippen LogP contribution >= 0.6 is 11.6 Å². The standard InChI is InChI=1S/C20H16ClFN2O3S/c1-24(15-7-3-2-4-8-15)28(26,27)19-10-6-5-9-16(19)20(25)23-18-12-11-14(21)13-17(18)22/h2-13H,1H3,(H,23,25). The van der Waals surface area contributed by atoms with Crippen LogP contribution in [0.1, 0.15) is 10.4 Å². The van der Waals surface area contributed by atoms with Crippen molar-refractivity contribution >= 4 is 38.9 Å². The van der Waals surface area contributed by atoms with Gasteiger partial charge in [0.2, 0.25) is 0 Å². The lowest BCUT2D eigenvalue weighted by atomic mass is 10.2. The minimum atomic E-state index is -4.02. The summed E-state index contributed by atoms with van der Waals surface area (Å²) in [4.78, 5) is 12.5. The third-order valence-corrected chi connectivity index (χ3v) is 6.15. The minimum absolute atomic E-state index is 0.0976. The molecule has 144 valence electrons. The number of carbonyl (C=O) groups is 1. The van der Waals surface area contributed by atoms with Gasteiger partial charge < -0.3 is 5.32 Å². The second kappa shape index (κ2) is 8.00. The average Bonchev–Trinajstić information content (AvgIpc) is 2.70. The molecular formula is C20H16ClFN2O3S. The first-order valence-corrected chi connectivity index (χ1v) is 10.0. The van der Waals surface area contributed by atoms with Crippen LogP contribution in [0.25, 0.3) is 0 Å². The first-order valence-electron chi connectivity index (χ1n) is 8.20. The smallest absolute Gasteiger partial charge is 0.264 e. The fraction of sp³-hybridized carbons (Fsp3) is 0.0500. The topological polar surface area (TPSA) is 66.5 Å². The van der Waals surface area contributed by atoms with Crippen molar-refractivity contribution in [1.82, 2.24) is 0 Å². The van der Waals surface area contributed by atoms with E-state index in [4.69, 9.17) is 11.6 Å². The van der Waals surface area contributed by atoms with Crippen molar-refractivity contribution in [1.29, 1.82) is 0 Å². The number of nitrogens with one attached hydrogen (secondary N) is 1. The van der Waals surface area contributed by atoms with E-state index < -0.39 is 21.7 Å². The molecule has 0 atom stereocenters. The molecule has 1 amide bonds. The maximum Gasteiger partial charge on any atom is 0.264 e. The Morgan fingerprint density at radius 2 is 1.64 bits per heavy atom. The number of hydrogen-bond donors (Lipinski definition) is 1. The number of rotatable bonds is 5. The Balaban J connectivity index is 1.97. The van der Waals surface area contributed by atoms with Crippen LogP contribution in [0.15, 0.2) is 77.7 Å². The number of sulfonamides is 1. The number of carbonyl (C=O) groups excluding carboxylic acids is 1. The van der Waals surface area contributed by atoms with E-state index in [9.17, 15) is 17.6 Å². The van der Waals surface area contributed by atoms with E-state index in [1.54, 1.807) is 30.3 Å². The summed E-state index contributed by atoms with van der Waals surface area (Å²) in [5.74, 6) is -1.47. The third kappa shape index (κ3) is 4.00. The number of halogens is 2. The zero-order valence-corrected chi connectivity index (χ0v) is 16.3. The van der Waals surface area contributed by atoms with Crippen LogP contribution in [-0.2, 0) is 10.0 Å². The Morgan fingerprint density at radius 1 is 1.00 bits per heavy atom. The first-order chi connectivity index (χ1) is 13.3. The quantitative estimate of drug-likeness (QED) is 0.660. The van der Waals surface area contributed by atoms with Gasteiger partial charge in [-0.2, -0.15) is 0 Å². The predicted molar refractivity (Wildman–Crippen MR) is 108 cm³/mol. The van der Waals surface area contributed by atoms with Crippen molar-refractivity contribution in [2.45, 2.75) is 4.90 Å². The maximum atomic E-state index is 14.0. The van der Waals surface area contributed by atoms with Gasteiger partial charge in [-0.15, -0.1) is 0 Å². The molecule has 0 aromatic heterocycles. The van der Waals surface area contributed by atoms with Gasteiger partial charge in [0.15, 0.2) is 0 Å². The van der Waals surface area contributed by atoms with Crippen molar-refractivity contribution < 1.29 is 17.6 Å². The molecule has 0 unspecified atom stereocenters. The van der Waals surface area contributed by atoms with Crippen LogP contribution in [0, 0.1) is 5.82 Å². The lowest BCUT2D eigenvalue weighted by Gasteiger charge is -2.21. The van der Waals surface area contributed by atoms with Gasteiger partial charge >= 0.3 is 0 Å². The van der Waals surface area contributed by atoms with E-state index in [-0.39, 0.29) is 21.2 Å². The molecule has 0 saturated carbocycles. The van der Waals surface area contributed by atoms with Crippen LogP contribution in [0.2, 0.25) is 5.02 Å². The molecule has 0 aliphatic heterocycles. The molecule has 5 nitrogen and oxygen atoms in total. The molecule has 0 aliphatic rings. The van der Waals surface area contributed by atoms with Gasteiger partial charge in [0.05, 0.1) is 16.9 Å². The van der Waals surface area contributed by atoms with E-state index >= 15 is 0 Å². The van der Waals surface area contributed by atoms with Gasteiger partial charge in [-0.25, -0.2) is 12.8 Å². The van der Waals surface area contributed by atoms with E-state index in [0.717, 1.165) is 10.4 Å².